The van der Waals surface area contributed by atoms with Crippen molar-refractivity contribution >= 4 is 29.1 Å². The van der Waals surface area contributed by atoms with Crippen LogP contribution in [0.2, 0.25) is 5.02 Å². The molecule has 0 bridgehead atoms. The fraction of sp³-hybridized carbons (Fsp3) is 0.190. The highest BCUT2D eigenvalue weighted by atomic mass is 35.5. The van der Waals surface area contributed by atoms with Gasteiger partial charge in [0.25, 0.3) is 0 Å². The molecular formula is C21H21ClN4O2. The number of aryl methyl sites for hydroxylation is 1. The van der Waals surface area contributed by atoms with E-state index < -0.39 is 11.8 Å². The van der Waals surface area contributed by atoms with E-state index in [1.54, 1.807) is 29.8 Å². The zero-order chi connectivity index (χ0) is 20.1. The first-order chi connectivity index (χ1) is 13.4. The molecule has 6 nitrogen and oxygen atoms in total. The van der Waals surface area contributed by atoms with Crippen molar-refractivity contribution < 1.29 is 9.59 Å². The second-order valence-electron chi connectivity index (χ2n) is 6.47. The zero-order valence-electron chi connectivity index (χ0n) is 15.7. The highest BCUT2D eigenvalue weighted by Gasteiger charge is 2.14. The van der Waals surface area contributed by atoms with Crippen LogP contribution in [-0.2, 0) is 23.1 Å². The van der Waals surface area contributed by atoms with Crippen LogP contribution in [0.3, 0.4) is 0 Å². The van der Waals surface area contributed by atoms with E-state index in [1.807, 2.05) is 43.7 Å². The van der Waals surface area contributed by atoms with Crippen LogP contribution >= 0.6 is 11.6 Å². The minimum absolute atomic E-state index is 0.368. The SMILES string of the molecule is Cc1c(Cl)cccc1NC(=O)C(=O)NCCc1ccc(-c2cnn(C)c2)cc1. The molecule has 2 aromatic carbocycles. The summed E-state index contributed by atoms with van der Waals surface area (Å²) in [5, 5.41) is 9.92. The van der Waals surface area contributed by atoms with E-state index in [0.29, 0.717) is 23.7 Å². The summed E-state index contributed by atoms with van der Waals surface area (Å²) in [7, 11) is 1.88. The molecule has 2 N–H and O–H groups in total. The number of carbonyl (C=O) groups is 2. The van der Waals surface area contributed by atoms with Gasteiger partial charge in [-0.25, -0.2) is 0 Å². The van der Waals surface area contributed by atoms with Crippen LogP contribution in [0.5, 0.6) is 0 Å². The molecule has 1 heterocycles. The molecule has 0 atom stereocenters. The molecule has 1 aromatic heterocycles. The van der Waals surface area contributed by atoms with E-state index in [9.17, 15) is 9.59 Å². The summed E-state index contributed by atoms with van der Waals surface area (Å²) < 4.78 is 1.76. The zero-order valence-corrected chi connectivity index (χ0v) is 16.5. The Bertz CT molecular complexity index is 996. The van der Waals surface area contributed by atoms with Gasteiger partial charge in [0.1, 0.15) is 0 Å². The number of amides is 2. The van der Waals surface area contributed by atoms with Gasteiger partial charge >= 0.3 is 11.8 Å². The van der Waals surface area contributed by atoms with Crippen LogP contribution in [-0.4, -0.2) is 28.1 Å². The third-order valence-corrected chi connectivity index (χ3v) is 4.82. The lowest BCUT2D eigenvalue weighted by molar-refractivity contribution is -0.136. The minimum Gasteiger partial charge on any atom is -0.347 e. The average Bonchev–Trinajstić information content (AvgIpc) is 3.12. The van der Waals surface area contributed by atoms with Crippen LogP contribution in [0.1, 0.15) is 11.1 Å². The monoisotopic (exact) mass is 396 g/mol. The smallest absolute Gasteiger partial charge is 0.313 e. The Labute approximate surface area is 168 Å². The van der Waals surface area contributed by atoms with Gasteiger partial charge in [-0.1, -0.05) is 41.9 Å². The van der Waals surface area contributed by atoms with Gasteiger partial charge in [-0.3, -0.25) is 14.3 Å². The van der Waals surface area contributed by atoms with Gasteiger partial charge in [-0.15, -0.1) is 0 Å². The number of halogens is 1. The third-order valence-electron chi connectivity index (χ3n) is 4.41. The predicted molar refractivity (Wildman–Crippen MR) is 110 cm³/mol. The number of aromatic nitrogens is 2. The Balaban J connectivity index is 1.49. The molecule has 7 heteroatoms. The summed E-state index contributed by atoms with van der Waals surface area (Å²) in [6, 6.07) is 13.2. The standard InChI is InChI=1S/C21H21ClN4O2/c1-14-18(22)4-3-5-19(14)25-21(28)20(27)23-11-10-15-6-8-16(9-7-15)17-12-24-26(2)13-17/h3-9,12-13H,10-11H2,1-2H3,(H,23,27)(H,25,28). The van der Waals surface area contributed by atoms with Crippen molar-refractivity contribution in [3.8, 4) is 11.1 Å². The van der Waals surface area contributed by atoms with Crippen molar-refractivity contribution in [3.05, 3.63) is 71.0 Å². The molecule has 0 fully saturated rings. The van der Waals surface area contributed by atoms with E-state index in [2.05, 4.69) is 15.7 Å². The molecule has 0 aliphatic heterocycles. The molecule has 0 spiro atoms. The number of nitrogens with zero attached hydrogens (tertiary/aromatic N) is 2. The molecule has 2 amide bonds. The maximum absolute atomic E-state index is 12.0. The van der Waals surface area contributed by atoms with E-state index >= 15 is 0 Å². The predicted octanol–water partition coefficient (Wildman–Crippen LogP) is 3.35. The quantitative estimate of drug-likeness (QED) is 0.649. The highest BCUT2D eigenvalue weighted by molar-refractivity contribution is 6.40. The maximum atomic E-state index is 12.0. The van der Waals surface area contributed by atoms with Crippen LogP contribution in [0.15, 0.2) is 54.9 Å². The van der Waals surface area contributed by atoms with Crippen LogP contribution in [0.4, 0.5) is 5.69 Å². The molecular weight excluding hydrogens is 376 g/mol. The maximum Gasteiger partial charge on any atom is 0.313 e. The molecule has 3 aromatic rings. The molecule has 0 saturated heterocycles. The highest BCUT2D eigenvalue weighted by Crippen LogP contribution is 2.22. The Morgan fingerprint density at radius 3 is 2.50 bits per heavy atom. The molecule has 0 aliphatic rings. The Kier molecular flexibility index (Phi) is 6.11. The second-order valence-corrected chi connectivity index (χ2v) is 6.88. The Hall–Kier alpha value is -3.12. The fourth-order valence-corrected chi connectivity index (χ4v) is 2.93. The van der Waals surface area contributed by atoms with E-state index in [4.69, 9.17) is 11.6 Å². The molecule has 144 valence electrons. The van der Waals surface area contributed by atoms with Gasteiger partial charge in [0.15, 0.2) is 0 Å². The first-order valence-electron chi connectivity index (χ1n) is 8.86. The molecule has 0 unspecified atom stereocenters. The van der Waals surface area contributed by atoms with Crippen molar-refractivity contribution in [1.82, 2.24) is 15.1 Å². The van der Waals surface area contributed by atoms with Gasteiger partial charge in [0.2, 0.25) is 0 Å². The molecule has 0 radical (unpaired) electrons. The lowest BCUT2D eigenvalue weighted by Gasteiger charge is -2.10. The largest absolute Gasteiger partial charge is 0.347 e. The van der Waals surface area contributed by atoms with Gasteiger partial charge < -0.3 is 10.6 Å². The van der Waals surface area contributed by atoms with E-state index in [0.717, 1.165) is 22.3 Å². The summed E-state index contributed by atoms with van der Waals surface area (Å²) in [5.74, 6) is -1.39. The van der Waals surface area contributed by atoms with Crippen LogP contribution in [0.25, 0.3) is 11.1 Å². The van der Waals surface area contributed by atoms with Crippen molar-refractivity contribution in [2.24, 2.45) is 7.05 Å². The van der Waals surface area contributed by atoms with E-state index in [1.165, 1.54) is 0 Å². The van der Waals surface area contributed by atoms with Crippen LogP contribution in [0, 0.1) is 6.92 Å². The first-order valence-corrected chi connectivity index (χ1v) is 9.24. The van der Waals surface area contributed by atoms with Crippen molar-refractivity contribution in [3.63, 3.8) is 0 Å². The summed E-state index contributed by atoms with van der Waals surface area (Å²) in [5.41, 5.74) is 4.45. The number of hydrogen-bond acceptors (Lipinski definition) is 3. The summed E-state index contributed by atoms with van der Waals surface area (Å²) >= 11 is 6.02. The van der Waals surface area contributed by atoms with Crippen molar-refractivity contribution in [2.45, 2.75) is 13.3 Å². The molecule has 3 rings (SSSR count). The first kappa shape index (κ1) is 19.6. The van der Waals surface area contributed by atoms with Crippen LogP contribution < -0.4 is 10.6 Å². The van der Waals surface area contributed by atoms with Crippen molar-refractivity contribution in [2.75, 3.05) is 11.9 Å². The topological polar surface area (TPSA) is 76.0 Å². The summed E-state index contributed by atoms with van der Waals surface area (Å²) in [6.07, 6.45) is 4.40. The summed E-state index contributed by atoms with van der Waals surface area (Å²) in [6.45, 7) is 2.15. The third kappa shape index (κ3) is 4.78. The Morgan fingerprint density at radius 1 is 1.07 bits per heavy atom. The second kappa shape index (κ2) is 8.71. The lowest BCUT2D eigenvalue weighted by Crippen LogP contribution is -2.36. The number of nitrogens with one attached hydrogen (secondary N) is 2. The average molecular weight is 397 g/mol. The fourth-order valence-electron chi connectivity index (χ4n) is 2.76. The normalized spacial score (nSPS) is 10.5. The number of hydrogen-bond donors (Lipinski definition) is 2. The molecule has 28 heavy (non-hydrogen) atoms. The number of carbonyl (C=O) groups excluding carboxylic acids is 2. The molecule has 0 saturated carbocycles. The molecule has 0 aliphatic carbocycles. The van der Waals surface area contributed by atoms with E-state index in [-0.39, 0.29) is 0 Å². The summed E-state index contributed by atoms with van der Waals surface area (Å²) in [4.78, 5) is 24.1. The van der Waals surface area contributed by atoms with Gasteiger partial charge in [0.05, 0.1) is 6.20 Å². The minimum atomic E-state index is -0.711. The number of benzene rings is 2. The van der Waals surface area contributed by atoms with Gasteiger partial charge in [-0.2, -0.15) is 5.10 Å². The number of anilines is 1. The van der Waals surface area contributed by atoms with Gasteiger partial charge in [-0.05, 0) is 42.2 Å². The van der Waals surface area contributed by atoms with Gasteiger partial charge in [0, 0.05) is 36.1 Å². The number of rotatable bonds is 5. The lowest BCUT2D eigenvalue weighted by atomic mass is 10.1. The van der Waals surface area contributed by atoms with Crippen molar-refractivity contribution in [1.29, 1.82) is 0 Å². The Morgan fingerprint density at radius 2 is 1.82 bits per heavy atom.